The average Bonchev–Trinajstić information content (AvgIpc) is 2.66. The number of alkyl halides is 3. The first-order valence-electron chi connectivity index (χ1n) is 8.18. The van der Waals surface area contributed by atoms with Gasteiger partial charge in [0.15, 0.2) is 0 Å². The maximum atomic E-state index is 12.7. The maximum absolute atomic E-state index is 12.7. The summed E-state index contributed by atoms with van der Waals surface area (Å²) in [7, 11) is 0. The van der Waals surface area contributed by atoms with E-state index in [9.17, 15) is 32.9 Å². The summed E-state index contributed by atoms with van der Waals surface area (Å²) in [5.41, 5.74) is -1.85. The van der Waals surface area contributed by atoms with E-state index in [1.54, 1.807) is 6.92 Å². The minimum Gasteiger partial charge on any atom is -0.465 e. The van der Waals surface area contributed by atoms with Crippen molar-refractivity contribution in [3.8, 4) is 11.5 Å². The third-order valence-electron chi connectivity index (χ3n) is 3.50. The summed E-state index contributed by atoms with van der Waals surface area (Å²) in [4.78, 5) is 34.2. The van der Waals surface area contributed by atoms with Gasteiger partial charge in [0.1, 0.15) is 17.1 Å². The van der Waals surface area contributed by atoms with Crippen molar-refractivity contribution >= 4 is 40.1 Å². The molecule has 2 rings (SSSR count). The molecule has 160 valence electrons. The van der Waals surface area contributed by atoms with Gasteiger partial charge in [0, 0.05) is 6.07 Å². The van der Waals surface area contributed by atoms with Gasteiger partial charge in [-0.05, 0) is 37.3 Å². The second kappa shape index (κ2) is 9.81. The fourth-order valence-electron chi connectivity index (χ4n) is 2.19. The molecule has 0 radical (unpaired) electrons. The number of hydrogen-bond donors (Lipinski definition) is 0. The monoisotopic (exact) mass is 463 g/mol. The van der Waals surface area contributed by atoms with E-state index in [1.807, 2.05) is 0 Å². The van der Waals surface area contributed by atoms with Gasteiger partial charge >= 0.3 is 12.1 Å². The topological polar surface area (TPSA) is 95.7 Å². The van der Waals surface area contributed by atoms with E-state index in [4.69, 9.17) is 16.3 Å². The highest BCUT2D eigenvalue weighted by atomic mass is 35.5. The van der Waals surface area contributed by atoms with Crippen LogP contribution in [0.3, 0.4) is 0 Å². The van der Waals surface area contributed by atoms with Crippen molar-refractivity contribution in [2.75, 3.05) is 12.4 Å². The lowest BCUT2D eigenvalue weighted by Gasteiger charge is -2.12. The number of carbonyl (C=O) groups is 2. The van der Waals surface area contributed by atoms with Crippen LogP contribution in [-0.2, 0) is 15.7 Å². The first kappa shape index (κ1) is 23.5. The Bertz CT molecular complexity index is 983. The predicted molar refractivity (Wildman–Crippen MR) is 103 cm³/mol. The number of benzene rings is 2. The van der Waals surface area contributed by atoms with Crippen molar-refractivity contribution < 1.29 is 37.2 Å². The Balaban J connectivity index is 2.28. The van der Waals surface area contributed by atoms with E-state index < -0.39 is 33.4 Å². The number of nitrogens with zero attached hydrogens (tertiary/aromatic N) is 1. The fraction of sp³-hybridized carbons (Fsp3) is 0.222. The van der Waals surface area contributed by atoms with Gasteiger partial charge in [0.2, 0.25) is 5.12 Å². The minimum absolute atomic E-state index is 0.0673. The van der Waals surface area contributed by atoms with E-state index in [1.165, 1.54) is 6.07 Å². The molecule has 0 fully saturated rings. The lowest BCUT2D eigenvalue weighted by molar-refractivity contribution is -0.385. The van der Waals surface area contributed by atoms with E-state index in [2.05, 4.69) is 4.74 Å². The molecular weight excluding hydrogens is 451 g/mol. The molecule has 0 N–H and O–H groups in total. The molecule has 0 atom stereocenters. The highest BCUT2D eigenvalue weighted by molar-refractivity contribution is 8.14. The van der Waals surface area contributed by atoms with Crippen LogP contribution < -0.4 is 4.74 Å². The van der Waals surface area contributed by atoms with Gasteiger partial charge < -0.3 is 9.47 Å². The number of halogens is 4. The molecule has 2 aromatic carbocycles. The zero-order valence-corrected chi connectivity index (χ0v) is 16.8. The number of esters is 1. The summed E-state index contributed by atoms with van der Waals surface area (Å²) in [6.07, 6.45) is -4.59. The Hall–Kier alpha value is -2.79. The SMILES string of the molecule is CCOC(=O)CSC(=O)c1cc(Oc2ccc(C(F)(F)F)cc2Cl)ccc1[N+](=O)[O-]. The second-order valence-corrected chi connectivity index (χ2v) is 6.92. The van der Waals surface area contributed by atoms with E-state index in [-0.39, 0.29) is 34.4 Å². The van der Waals surface area contributed by atoms with Crippen LogP contribution in [0.25, 0.3) is 0 Å². The molecule has 7 nitrogen and oxygen atoms in total. The molecule has 0 amide bonds. The smallest absolute Gasteiger partial charge is 0.416 e. The average molecular weight is 464 g/mol. The summed E-state index contributed by atoms with van der Waals surface area (Å²) in [5, 5.41) is 10.1. The molecular formula is C18H13ClF3NO6S. The molecule has 0 aliphatic heterocycles. The van der Waals surface area contributed by atoms with E-state index >= 15 is 0 Å². The van der Waals surface area contributed by atoms with Crippen LogP contribution in [0.2, 0.25) is 5.02 Å². The molecule has 0 aromatic heterocycles. The maximum Gasteiger partial charge on any atom is 0.416 e. The van der Waals surface area contributed by atoms with Crippen LogP contribution in [0.1, 0.15) is 22.8 Å². The fourth-order valence-corrected chi connectivity index (χ4v) is 3.06. The van der Waals surface area contributed by atoms with Gasteiger partial charge in [-0.2, -0.15) is 13.2 Å². The Morgan fingerprint density at radius 2 is 1.90 bits per heavy atom. The Labute approximate surface area is 177 Å². The van der Waals surface area contributed by atoms with Gasteiger partial charge in [0.25, 0.3) is 5.69 Å². The summed E-state index contributed by atoms with van der Waals surface area (Å²) in [6.45, 7) is 1.70. The molecule has 0 unspecified atom stereocenters. The van der Waals surface area contributed by atoms with Gasteiger partial charge in [0.05, 0.1) is 27.9 Å². The van der Waals surface area contributed by atoms with Crippen molar-refractivity contribution in [3.05, 3.63) is 62.7 Å². The summed E-state index contributed by atoms with van der Waals surface area (Å²) < 4.78 is 48.3. The molecule has 0 aliphatic carbocycles. The number of ether oxygens (including phenoxy) is 2. The first-order chi connectivity index (χ1) is 14.0. The van der Waals surface area contributed by atoms with E-state index in [0.717, 1.165) is 24.3 Å². The van der Waals surface area contributed by atoms with Gasteiger partial charge in [-0.3, -0.25) is 19.7 Å². The summed E-state index contributed by atoms with van der Waals surface area (Å²) in [5.74, 6) is -1.22. The standard InChI is InChI=1S/C18H13ClF3NO6S/c1-2-28-16(24)9-30-17(25)12-8-11(4-5-14(12)23(26)27)29-15-6-3-10(7-13(15)19)18(20,21)22/h3-8H,2,9H2,1H3. The molecule has 0 saturated heterocycles. The van der Waals surface area contributed by atoms with Gasteiger partial charge in [-0.15, -0.1) is 0 Å². The molecule has 0 spiro atoms. The lowest BCUT2D eigenvalue weighted by atomic mass is 10.2. The van der Waals surface area contributed by atoms with Crippen molar-refractivity contribution in [3.63, 3.8) is 0 Å². The third-order valence-corrected chi connectivity index (χ3v) is 4.66. The number of nitro benzene ring substituents is 1. The number of hydrogen-bond acceptors (Lipinski definition) is 7. The highest BCUT2D eigenvalue weighted by Crippen LogP contribution is 2.37. The van der Waals surface area contributed by atoms with Crippen molar-refractivity contribution in [2.45, 2.75) is 13.1 Å². The quantitative estimate of drug-likeness (QED) is 0.304. The minimum atomic E-state index is -4.59. The van der Waals surface area contributed by atoms with Crippen LogP contribution in [-0.4, -0.2) is 28.4 Å². The largest absolute Gasteiger partial charge is 0.465 e. The predicted octanol–water partition coefficient (Wildman–Crippen LogP) is 5.50. The van der Waals surface area contributed by atoms with E-state index in [0.29, 0.717) is 17.8 Å². The zero-order valence-electron chi connectivity index (χ0n) is 15.2. The molecule has 12 heteroatoms. The lowest BCUT2D eigenvalue weighted by Crippen LogP contribution is -2.10. The summed E-state index contributed by atoms with van der Waals surface area (Å²) >= 11 is 6.34. The molecule has 30 heavy (non-hydrogen) atoms. The Morgan fingerprint density at radius 1 is 1.20 bits per heavy atom. The second-order valence-electron chi connectivity index (χ2n) is 5.56. The summed E-state index contributed by atoms with van der Waals surface area (Å²) in [6, 6.07) is 5.64. The first-order valence-corrected chi connectivity index (χ1v) is 9.55. The van der Waals surface area contributed by atoms with Crippen molar-refractivity contribution in [2.24, 2.45) is 0 Å². The Morgan fingerprint density at radius 3 is 2.47 bits per heavy atom. The molecule has 0 heterocycles. The van der Waals surface area contributed by atoms with Crippen molar-refractivity contribution in [1.29, 1.82) is 0 Å². The van der Waals surface area contributed by atoms with Crippen molar-refractivity contribution in [1.82, 2.24) is 0 Å². The molecule has 0 aliphatic rings. The van der Waals surface area contributed by atoms with Crippen LogP contribution in [0, 0.1) is 10.1 Å². The highest BCUT2D eigenvalue weighted by Gasteiger charge is 2.31. The molecule has 0 saturated carbocycles. The van der Waals surface area contributed by atoms with Crippen LogP contribution >= 0.6 is 23.4 Å². The molecule has 0 bridgehead atoms. The van der Waals surface area contributed by atoms with Gasteiger partial charge in [-0.25, -0.2) is 0 Å². The molecule has 2 aromatic rings. The zero-order chi connectivity index (χ0) is 22.5. The Kier molecular flexibility index (Phi) is 7.68. The number of carbonyl (C=O) groups excluding carboxylic acids is 2. The number of nitro groups is 1. The van der Waals surface area contributed by atoms with Gasteiger partial charge in [-0.1, -0.05) is 23.4 Å². The van der Waals surface area contributed by atoms with Crippen LogP contribution in [0.4, 0.5) is 18.9 Å². The van der Waals surface area contributed by atoms with Crippen LogP contribution in [0.15, 0.2) is 36.4 Å². The number of rotatable bonds is 7. The van der Waals surface area contributed by atoms with Crippen LogP contribution in [0.5, 0.6) is 11.5 Å². The number of thioether (sulfide) groups is 1. The third kappa shape index (κ3) is 6.10. The normalized spacial score (nSPS) is 11.1.